The average molecular weight is 311 g/mol. The normalized spacial score (nSPS) is 9.85. The molecule has 70 valence electrons. The molecule has 13 heavy (non-hydrogen) atoms. The zero-order valence-electron chi connectivity index (χ0n) is 7.23. The van der Waals surface area contributed by atoms with E-state index in [0.29, 0.717) is 16.3 Å². The fourth-order valence-corrected chi connectivity index (χ4v) is 2.12. The van der Waals surface area contributed by atoms with E-state index in [4.69, 9.17) is 16.3 Å². The molecule has 2 nitrogen and oxygen atoms in total. The molecule has 1 aromatic rings. The summed E-state index contributed by atoms with van der Waals surface area (Å²) in [4.78, 5) is 11.1. The number of hydrogen-bond acceptors (Lipinski definition) is 2. The Balaban J connectivity index is 3.30. The molecule has 0 aromatic heterocycles. The van der Waals surface area contributed by atoms with Gasteiger partial charge in [-0.1, -0.05) is 11.6 Å². The van der Waals surface area contributed by atoms with Crippen LogP contribution in [0.25, 0.3) is 0 Å². The third-order valence-electron chi connectivity index (χ3n) is 1.62. The highest BCUT2D eigenvalue weighted by atomic mass is 127. The molecule has 0 heterocycles. The zero-order chi connectivity index (χ0) is 10.0. The zero-order valence-corrected chi connectivity index (χ0v) is 10.1. The van der Waals surface area contributed by atoms with Crippen LogP contribution in [0.2, 0.25) is 5.02 Å². The Morgan fingerprint density at radius 3 is 2.62 bits per heavy atom. The van der Waals surface area contributed by atoms with Crippen molar-refractivity contribution in [3.63, 3.8) is 0 Å². The van der Waals surface area contributed by atoms with Crippen molar-refractivity contribution in [2.75, 3.05) is 7.11 Å². The summed E-state index contributed by atoms with van der Waals surface area (Å²) in [7, 11) is 1.56. The Morgan fingerprint density at radius 1 is 1.54 bits per heavy atom. The van der Waals surface area contributed by atoms with Gasteiger partial charge < -0.3 is 4.74 Å². The Hall–Kier alpha value is -0.290. The Bertz CT molecular complexity index is 350. The largest absolute Gasteiger partial charge is 0.496 e. The van der Waals surface area contributed by atoms with Gasteiger partial charge in [-0.25, -0.2) is 0 Å². The maximum atomic E-state index is 11.1. The van der Waals surface area contributed by atoms with Crippen molar-refractivity contribution in [2.45, 2.75) is 6.92 Å². The van der Waals surface area contributed by atoms with Gasteiger partial charge in [0, 0.05) is 5.56 Å². The Morgan fingerprint density at radius 2 is 2.15 bits per heavy atom. The summed E-state index contributed by atoms with van der Waals surface area (Å²) < 4.78 is 5.97. The summed E-state index contributed by atoms with van der Waals surface area (Å²) in [5.41, 5.74) is 0.499. The van der Waals surface area contributed by atoms with E-state index in [9.17, 15) is 4.79 Å². The number of carbonyl (C=O) groups is 1. The van der Waals surface area contributed by atoms with Crippen LogP contribution in [0.15, 0.2) is 12.1 Å². The van der Waals surface area contributed by atoms with Gasteiger partial charge in [-0.2, -0.15) is 0 Å². The van der Waals surface area contributed by atoms with Crippen LogP contribution in [0.4, 0.5) is 0 Å². The smallest absolute Gasteiger partial charge is 0.161 e. The molecule has 0 saturated heterocycles. The molecule has 0 fully saturated rings. The molecule has 0 aliphatic carbocycles. The molecule has 0 radical (unpaired) electrons. The van der Waals surface area contributed by atoms with E-state index in [0.717, 1.165) is 3.57 Å². The standard InChI is InChI=1S/C9H8ClIO2/c1-5(12)6-3-9(13-2)8(11)4-7(6)10/h3-4H,1-2H3. The van der Waals surface area contributed by atoms with E-state index < -0.39 is 0 Å². The van der Waals surface area contributed by atoms with Crippen molar-refractivity contribution in [1.29, 1.82) is 0 Å². The molecular weight excluding hydrogens is 302 g/mol. The first-order valence-corrected chi connectivity index (χ1v) is 5.06. The van der Waals surface area contributed by atoms with E-state index in [1.54, 1.807) is 19.2 Å². The van der Waals surface area contributed by atoms with Crippen molar-refractivity contribution in [3.05, 3.63) is 26.3 Å². The summed E-state index contributed by atoms with van der Waals surface area (Å²) in [5, 5.41) is 0.470. The molecule has 1 aromatic carbocycles. The van der Waals surface area contributed by atoms with Gasteiger partial charge in [0.25, 0.3) is 0 Å². The number of rotatable bonds is 2. The van der Waals surface area contributed by atoms with Crippen molar-refractivity contribution in [1.82, 2.24) is 0 Å². The number of carbonyl (C=O) groups excluding carboxylic acids is 1. The minimum absolute atomic E-state index is 0.0558. The quantitative estimate of drug-likeness (QED) is 0.619. The fourth-order valence-electron chi connectivity index (χ4n) is 0.955. The maximum absolute atomic E-state index is 11.1. The number of ether oxygens (including phenoxy) is 1. The van der Waals surface area contributed by atoms with Crippen LogP contribution in [0.3, 0.4) is 0 Å². The second-order valence-electron chi connectivity index (χ2n) is 2.52. The number of methoxy groups -OCH3 is 1. The molecule has 0 unspecified atom stereocenters. The van der Waals surface area contributed by atoms with Crippen LogP contribution in [-0.2, 0) is 0 Å². The average Bonchev–Trinajstić information content (AvgIpc) is 2.03. The molecule has 1 rings (SSSR count). The second-order valence-corrected chi connectivity index (χ2v) is 4.09. The van der Waals surface area contributed by atoms with Crippen LogP contribution in [0.5, 0.6) is 5.75 Å². The summed E-state index contributed by atoms with van der Waals surface area (Å²) >= 11 is 7.98. The van der Waals surface area contributed by atoms with E-state index >= 15 is 0 Å². The molecule has 0 saturated carbocycles. The lowest BCUT2D eigenvalue weighted by Crippen LogP contribution is -1.96. The molecule has 0 bridgehead atoms. The molecule has 0 spiro atoms. The van der Waals surface area contributed by atoms with Gasteiger partial charge >= 0.3 is 0 Å². The first kappa shape index (κ1) is 10.8. The molecule has 0 amide bonds. The van der Waals surface area contributed by atoms with Gasteiger partial charge in [-0.15, -0.1) is 0 Å². The van der Waals surface area contributed by atoms with Gasteiger partial charge in [0.15, 0.2) is 5.78 Å². The third-order valence-corrected chi connectivity index (χ3v) is 2.78. The van der Waals surface area contributed by atoms with Crippen LogP contribution in [0.1, 0.15) is 17.3 Å². The molecular formula is C9H8ClIO2. The summed E-state index contributed by atoms with van der Waals surface area (Å²) in [6, 6.07) is 3.38. The summed E-state index contributed by atoms with van der Waals surface area (Å²) in [6.45, 7) is 1.48. The lowest BCUT2D eigenvalue weighted by molar-refractivity contribution is 0.101. The lowest BCUT2D eigenvalue weighted by atomic mass is 10.1. The van der Waals surface area contributed by atoms with Crippen molar-refractivity contribution >= 4 is 40.0 Å². The van der Waals surface area contributed by atoms with E-state index in [2.05, 4.69) is 22.6 Å². The first-order valence-electron chi connectivity index (χ1n) is 3.60. The van der Waals surface area contributed by atoms with Crippen LogP contribution in [0, 0.1) is 3.57 Å². The monoisotopic (exact) mass is 310 g/mol. The highest BCUT2D eigenvalue weighted by molar-refractivity contribution is 14.1. The molecule has 0 atom stereocenters. The number of ketones is 1. The van der Waals surface area contributed by atoms with Gasteiger partial charge in [-0.3, -0.25) is 4.79 Å². The number of Topliss-reactive ketones (excluding diaryl/α,β-unsaturated/α-hetero) is 1. The van der Waals surface area contributed by atoms with Gasteiger partial charge in [0.05, 0.1) is 15.7 Å². The van der Waals surface area contributed by atoms with Crippen LogP contribution in [-0.4, -0.2) is 12.9 Å². The molecule has 4 heteroatoms. The fraction of sp³-hybridized carbons (Fsp3) is 0.222. The third kappa shape index (κ3) is 2.34. The van der Waals surface area contributed by atoms with E-state index in [1.165, 1.54) is 6.92 Å². The van der Waals surface area contributed by atoms with Crippen molar-refractivity contribution in [3.8, 4) is 5.75 Å². The Kier molecular flexibility index (Phi) is 3.55. The SMILES string of the molecule is COc1cc(C(C)=O)c(Cl)cc1I. The number of halogens is 2. The second kappa shape index (κ2) is 4.28. The van der Waals surface area contributed by atoms with E-state index in [-0.39, 0.29) is 5.78 Å². The molecule has 0 aliphatic rings. The van der Waals surface area contributed by atoms with Crippen molar-refractivity contribution in [2.24, 2.45) is 0 Å². The van der Waals surface area contributed by atoms with Crippen molar-refractivity contribution < 1.29 is 9.53 Å². The predicted molar refractivity (Wildman–Crippen MR) is 60.7 cm³/mol. The van der Waals surface area contributed by atoms with Gasteiger partial charge in [0.1, 0.15) is 5.75 Å². The van der Waals surface area contributed by atoms with Gasteiger partial charge in [-0.05, 0) is 41.6 Å². The summed E-state index contributed by atoms with van der Waals surface area (Å²) in [6.07, 6.45) is 0. The molecule has 0 aliphatic heterocycles. The van der Waals surface area contributed by atoms with E-state index in [1.807, 2.05) is 0 Å². The maximum Gasteiger partial charge on any atom is 0.161 e. The highest BCUT2D eigenvalue weighted by Gasteiger charge is 2.10. The van der Waals surface area contributed by atoms with Gasteiger partial charge in [0.2, 0.25) is 0 Å². The molecule has 0 N–H and O–H groups in total. The number of hydrogen-bond donors (Lipinski definition) is 0. The number of benzene rings is 1. The predicted octanol–water partition coefficient (Wildman–Crippen LogP) is 3.16. The van der Waals surface area contributed by atoms with Crippen LogP contribution >= 0.6 is 34.2 Å². The minimum Gasteiger partial charge on any atom is -0.496 e. The summed E-state index contributed by atoms with van der Waals surface area (Å²) in [5.74, 6) is 0.620. The highest BCUT2D eigenvalue weighted by Crippen LogP contribution is 2.28. The lowest BCUT2D eigenvalue weighted by Gasteiger charge is -2.06. The van der Waals surface area contributed by atoms with Crippen LogP contribution < -0.4 is 4.74 Å². The minimum atomic E-state index is -0.0558. The topological polar surface area (TPSA) is 26.3 Å². The Labute approximate surface area is 95.4 Å². The first-order chi connectivity index (χ1) is 6.06.